The Bertz CT molecular complexity index is 3400. The van der Waals surface area contributed by atoms with E-state index in [1.807, 2.05) is 27.7 Å². The molecule has 0 radical (unpaired) electrons. The Morgan fingerprint density at radius 2 is 1.14 bits per heavy atom. The van der Waals surface area contributed by atoms with Gasteiger partial charge in [-0.15, -0.1) is 0 Å². The van der Waals surface area contributed by atoms with Gasteiger partial charge in [0, 0.05) is 5.92 Å². The Balaban J connectivity index is 0.00000127. The average molecular weight is 891 g/mol. The summed E-state index contributed by atoms with van der Waals surface area (Å²) in [4.78, 5) is 0. The van der Waals surface area contributed by atoms with Crippen LogP contribution in [0.25, 0.3) is 39.0 Å². The Kier molecular flexibility index (Phi) is 10.9. The summed E-state index contributed by atoms with van der Waals surface area (Å²) >= 11 is 0. The van der Waals surface area contributed by atoms with E-state index in [1.54, 1.807) is 0 Å². The van der Waals surface area contributed by atoms with Crippen LogP contribution in [0.5, 0.6) is 0 Å². The van der Waals surface area contributed by atoms with Crippen molar-refractivity contribution in [3.63, 3.8) is 0 Å². The highest BCUT2D eigenvalue weighted by molar-refractivity contribution is 6.05. The van der Waals surface area contributed by atoms with Gasteiger partial charge in [0.2, 0.25) is 0 Å². The van der Waals surface area contributed by atoms with Gasteiger partial charge in [-0.3, -0.25) is 0 Å². The molecule has 0 saturated heterocycles. The predicted octanol–water partition coefficient (Wildman–Crippen LogP) is 17.8. The highest BCUT2D eigenvalue weighted by atomic mass is 14.6. The van der Waals surface area contributed by atoms with Crippen LogP contribution in [0.2, 0.25) is 0 Å². The first kappa shape index (κ1) is 44.2. The molecule has 338 valence electrons. The van der Waals surface area contributed by atoms with Crippen molar-refractivity contribution in [1.82, 2.24) is 0 Å². The lowest BCUT2D eigenvalue weighted by Gasteiger charge is -2.43. The molecular weight excluding hydrogens is 829 g/mol. The first-order chi connectivity index (χ1) is 34.0. The molecule has 2 spiro atoms. The third kappa shape index (κ3) is 5.70. The molecule has 0 heterocycles. The average Bonchev–Trinajstić information content (AvgIpc) is 4.22. The van der Waals surface area contributed by atoms with E-state index < -0.39 is 16.2 Å². The summed E-state index contributed by atoms with van der Waals surface area (Å²) in [7, 11) is 0. The minimum absolute atomic E-state index is 0.205. The van der Waals surface area contributed by atoms with E-state index in [2.05, 4.69) is 227 Å². The van der Waals surface area contributed by atoms with Crippen LogP contribution in [0.15, 0.2) is 224 Å². The second-order valence-corrected chi connectivity index (χ2v) is 19.0. The fourth-order valence-corrected chi connectivity index (χ4v) is 14.0. The topological polar surface area (TPSA) is 0 Å². The van der Waals surface area contributed by atoms with Crippen LogP contribution < -0.4 is 0 Å². The molecule has 1 unspecified atom stereocenters. The Morgan fingerprint density at radius 3 is 1.80 bits per heavy atom. The second kappa shape index (κ2) is 17.0. The summed E-state index contributed by atoms with van der Waals surface area (Å²) in [6.07, 6.45) is 24.7. The monoisotopic (exact) mass is 890 g/mol. The molecule has 0 N–H and O–H groups in total. The number of fused-ring (bicyclic) bond motifs is 21. The first-order valence-corrected chi connectivity index (χ1v) is 25.5. The van der Waals surface area contributed by atoms with Crippen LogP contribution >= 0.6 is 0 Å². The third-order valence-corrected chi connectivity index (χ3v) is 16.2. The lowest BCUT2D eigenvalue weighted by molar-refractivity contribution is 0.495. The molecule has 3 atom stereocenters. The Hall–Kier alpha value is -7.28. The molecule has 0 fully saturated rings. The van der Waals surface area contributed by atoms with Crippen LogP contribution in [0.4, 0.5) is 0 Å². The van der Waals surface area contributed by atoms with Crippen LogP contribution in [-0.4, -0.2) is 0 Å². The van der Waals surface area contributed by atoms with Crippen molar-refractivity contribution < 1.29 is 0 Å². The summed E-state index contributed by atoms with van der Waals surface area (Å²) in [5.41, 5.74) is 26.5. The molecule has 7 aromatic rings. The van der Waals surface area contributed by atoms with E-state index in [9.17, 15) is 0 Å². The molecular formula is C69H62. The molecule has 0 bridgehead atoms. The van der Waals surface area contributed by atoms with Crippen molar-refractivity contribution in [1.29, 1.82) is 0 Å². The van der Waals surface area contributed by atoms with Crippen molar-refractivity contribution >= 4 is 5.57 Å². The van der Waals surface area contributed by atoms with Gasteiger partial charge in [0.05, 0.1) is 16.2 Å². The second-order valence-electron chi connectivity index (χ2n) is 19.0. The number of rotatable bonds is 6. The highest BCUT2D eigenvalue weighted by Gasteiger charge is 2.62. The lowest BCUT2D eigenvalue weighted by atomic mass is 9.58. The van der Waals surface area contributed by atoms with Crippen LogP contribution in [-0.2, 0) is 16.2 Å². The van der Waals surface area contributed by atoms with E-state index in [4.69, 9.17) is 6.58 Å². The smallest absolute Gasteiger partial charge is 0.0725 e. The number of hydrogen-bond donors (Lipinski definition) is 0. The van der Waals surface area contributed by atoms with Gasteiger partial charge in [-0.25, -0.2) is 0 Å². The van der Waals surface area contributed by atoms with Gasteiger partial charge in [0.1, 0.15) is 0 Å². The van der Waals surface area contributed by atoms with Gasteiger partial charge in [0.25, 0.3) is 0 Å². The van der Waals surface area contributed by atoms with E-state index in [0.717, 1.165) is 18.4 Å². The van der Waals surface area contributed by atoms with E-state index in [1.165, 1.54) is 111 Å². The lowest BCUT2D eigenvalue weighted by Crippen LogP contribution is -2.36. The Labute approximate surface area is 411 Å². The van der Waals surface area contributed by atoms with E-state index >= 15 is 0 Å². The molecule has 0 saturated carbocycles. The molecule has 0 nitrogen and oxygen atoms in total. The number of allylic oxidation sites excluding steroid dienone is 13. The SMILES string of the molecule is C=C(/C=C\C=C/C)[C@@](C1=CC=CC1)(c1ccccc1C)c1cc2c(c3c1-c1ccccc1C31c3ccc(C)cc3C3=CC=CC[C@@H]31)-c1ccccc1C21c2ccccc2-c2ccccc21.CC.CC. The molecule has 13 rings (SSSR count). The molecule has 6 aliphatic carbocycles. The van der Waals surface area contributed by atoms with E-state index in [-0.39, 0.29) is 5.92 Å². The van der Waals surface area contributed by atoms with Gasteiger partial charge >= 0.3 is 0 Å². The zero-order valence-corrected chi connectivity index (χ0v) is 41.3. The maximum atomic E-state index is 5.21. The van der Waals surface area contributed by atoms with Crippen molar-refractivity contribution in [3.8, 4) is 33.4 Å². The summed E-state index contributed by atoms with van der Waals surface area (Å²) in [6.45, 7) is 19.9. The number of aryl methyl sites for hydroxylation is 2. The molecule has 0 heteroatoms. The van der Waals surface area contributed by atoms with Crippen LogP contribution in [0, 0.1) is 19.8 Å². The van der Waals surface area contributed by atoms with E-state index in [0.29, 0.717) is 0 Å². The van der Waals surface area contributed by atoms with Crippen molar-refractivity contribution in [3.05, 3.63) is 291 Å². The standard InChI is InChI=1S/C65H50.2C2H6/c1-5-6-7-23-43(4)63(44-24-9-10-25-44,51-31-16-8-22-42(51)3)58-40-59-61(48-29-14-20-35-55(48)64(59)52-32-17-11-26-45(52)46-27-12-18-33-53(46)64)62-60(58)49-30-15-21-36-56(49)65(62)54-34-19-13-28-47(54)50-39-41(2)37-38-57(50)65;2*1-2/h5-24,26-33,35-40,54H,4,25,34H2,1-3H3;2*1-2H3/b6-5-,23-7-;;/t54-,63+,65?;;/m0../s1. The first-order valence-electron chi connectivity index (χ1n) is 25.5. The molecule has 69 heavy (non-hydrogen) atoms. The third-order valence-electron chi connectivity index (χ3n) is 16.2. The summed E-state index contributed by atoms with van der Waals surface area (Å²) in [6, 6.07) is 56.7. The largest absolute Gasteiger partial charge is 0.0942 e. The van der Waals surface area contributed by atoms with Crippen molar-refractivity contribution in [2.75, 3.05) is 0 Å². The van der Waals surface area contributed by atoms with Gasteiger partial charge in [-0.2, -0.15) is 0 Å². The van der Waals surface area contributed by atoms with Gasteiger partial charge in [0.15, 0.2) is 0 Å². The minimum atomic E-state index is -0.724. The normalized spacial score (nSPS) is 19.3. The number of benzene rings is 7. The maximum Gasteiger partial charge on any atom is 0.0725 e. The predicted molar refractivity (Wildman–Crippen MR) is 294 cm³/mol. The van der Waals surface area contributed by atoms with Crippen LogP contribution in [0.1, 0.15) is 114 Å². The zero-order chi connectivity index (χ0) is 47.7. The van der Waals surface area contributed by atoms with Crippen molar-refractivity contribution in [2.24, 2.45) is 5.92 Å². The summed E-state index contributed by atoms with van der Waals surface area (Å²) in [5, 5.41) is 0. The van der Waals surface area contributed by atoms with Gasteiger partial charge < -0.3 is 0 Å². The molecule has 0 aliphatic heterocycles. The fourth-order valence-electron chi connectivity index (χ4n) is 14.0. The van der Waals surface area contributed by atoms with Crippen LogP contribution in [0.3, 0.4) is 0 Å². The Morgan fingerprint density at radius 1 is 0.565 bits per heavy atom. The summed E-state index contributed by atoms with van der Waals surface area (Å²) in [5.74, 6) is 0.205. The summed E-state index contributed by atoms with van der Waals surface area (Å²) < 4.78 is 0. The minimum Gasteiger partial charge on any atom is -0.0942 e. The zero-order valence-electron chi connectivity index (χ0n) is 41.3. The molecule has 6 aliphatic rings. The molecule has 0 amide bonds. The van der Waals surface area contributed by atoms with Crippen molar-refractivity contribution in [2.45, 2.75) is 77.6 Å². The molecule has 0 aromatic heterocycles. The number of hydrogen-bond acceptors (Lipinski definition) is 0. The van der Waals surface area contributed by atoms with Gasteiger partial charge in [-0.1, -0.05) is 246 Å². The quantitative estimate of drug-likeness (QED) is 0.146. The molecule has 7 aromatic carbocycles. The highest BCUT2D eigenvalue weighted by Crippen LogP contribution is 2.73. The maximum absolute atomic E-state index is 5.21. The van der Waals surface area contributed by atoms with Gasteiger partial charge in [-0.05, 0) is 145 Å². The fraction of sp³-hybridized carbons (Fsp3) is 0.188.